The molecule has 0 spiro atoms. The minimum absolute atomic E-state index is 0.132. The normalized spacial score (nSPS) is 19.9. The van der Waals surface area contributed by atoms with Crippen molar-refractivity contribution in [2.45, 2.75) is 51.3 Å². The van der Waals surface area contributed by atoms with E-state index in [-0.39, 0.29) is 11.6 Å². The zero-order valence-corrected chi connectivity index (χ0v) is 12.3. The number of hydrogen-bond donors (Lipinski definition) is 2. The van der Waals surface area contributed by atoms with Crippen LogP contribution < -0.4 is 11.3 Å². The van der Waals surface area contributed by atoms with Gasteiger partial charge in [0.05, 0.1) is 23.5 Å². The average molecular weight is 283 g/mol. The molecule has 0 bridgehead atoms. The standard InChI is InChI=1S/C13H25N5O2/c1-3-7-18-11(10-15-17-18)12(16-14)13(20-4-2)5-8-19-9-6-13/h10,12,16H,3-9,14H2,1-2H3. The summed E-state index contributed by atoms with van der Waals surface area (Å²) in [7, 11) is 0. The molecular formula is C13H25N5O2. The zero-order valence-electron chi connectivity index (χ0n) is 12.3. The lowest BCUT2D eigenvalue weighted by molar-refractivity contribution is -0.129. The second-order valence-electron chi connectivity index (χ2n) is 5.09. The molecule has 114 valence electrons. The molecule has 1 atom stereocenters. The summed E-state index contributed by atoms with van der Waals surface area (Å²) < 4.78 is 13.5. The maximum absolute atomic E-state index is 6.09. The minimum Gasteiger partial charge on any atom is -0.381 e. The van der Waals surface area contributed by atoms with Crippen LogP contribution in [-0.2, 0) is 16.0 Å². The molecule has 2 rings (SSSR count). The van der Waals surface area contributed by atoms with Gasteiger partial charge in [0, 0.05) is 39.2 Å². The third-order valence-corrected chi connectivity index (χ3v) is 3.84. The lowest BCUT2D eigenvalue weighted by Crippen LogP contribution is -2.52. The number of aryl methyl sites for hydroxylation is 1. The summed E-state index contributed by atoms with van der Waals surface area (Å²) in [5, 5.41) is 8.17. The van der Waals surface area contributed by atoms with Crippen molar-refractivity contribution < 1.29 is 9.47 Å². The molecule has 0 amide bonds. The highest BCUT2D eigenvalue weighted by Crippen LogP contribution is 2.37. The Morgan fingerprint density at radius 3 is 2.85 bits per heavy atom. The van der Waals surface area contributed by atoms with E-state index in [1.807, 2.05) is 11.6 Å². The number of rotatable bonds is 7. The smallest absolute Gasteiger partial charge is 0.0948 e. The fourth-order valence-electron chi connectivity index (χ4n) is 2.90. The van der Waals surface area contributed by atoms with Gasteiger partial charge in [-0.15, -0.1) is 5.10 Å². The van der Waals surface area contributed by atoms with Gasteiger partial charge in [-0.05, 0) is 13.3 Å². The lowest BCUT2D eigenvalue weighted by atomic mass is 9.84. The quantitative estimate of drug-likeness (QED) is 0.568. The molecule has 2 heterocycles. The van der Waals surface area contributed by atoms with E-state index in [0.717, 1.165) is 31.5 Å². The van der Waals surface area contributed by atoms with Crippen LogP contribution in [0.1, 0.15) is 44.8 Å². The SMILES string of the molecule is CCCn1nncc1C(NN)C1(OCC)CCOCC1. The second-order valence-corrected chi connectivity index (χ2v) is 5.09. The van der Waals surface area contributed by atoms with Gasteiger partial charge >= 0.3 is 0 Å². The molecule has 7 heteroatoms. The van der Waals surface area contributed by atoms with E-state index in [1.165, 1.54) is 0 Å². The summed E-state index contributed by atoms with van der Waals surface area (Å²) in [6.07, 6.45) is 4.40. The summed E-state index contributed by atoms with van der Waals surface area (Å²) in [5.41, 5.74) is 3.54. The van der Waals surface area contributed by atoms with Gasteiger partial charge in [0.15, 0.2) is 0 Å². The molecule has 1 aliphatic rings. The third kappa shape index (κ3) is 3.01. The maximum atomic E-state index is 6.09. The molecule has 0 aromatic carbocycles. The van der Waals surface area contributed by atoms with Gasteiger partial charge in [-0.3, -0.25) is 5.84 Å². The fourth-order valence-corrected chi connectivity index (χ4v) is 2.90. The number of hydrazine groups is 1. The van der Waals surface area contributed by atoms with Gasteiger partial charge in [0.1, 0.15) is 0 Å². The van der Waals surface area contributed by atoms with Crippen molar-refractivity contribution in [1.29, 1.82) is 0 Å². The number of hydrogen-bond acceptors (Lipinski definition) is 6. The first-order valence-corrected chi connectivity index (χ1v) is 7.33. The van der Waals surface area contributed by atoms with Gasteiger partial charge in [0.25, 0.3) is 0 Å². The molecule has 1 fully saturated rings. The van der Waals surface area contributed by atoms with E-state index < -0.39 is 0 Å². The average Bonchev–Trinajstić information content (AvgIpc) is 2.90. The number of nitrogens with two attached hydrogens (primary N) is 1. The van der Waals surface area contributed by atoms with Crippen molar-refractivity contribution in [3.8, 4) is 0 Å². The molecule has 1 unspecified atom stereocenters. The molecule has 3 N–H and O–H groups in total. The number of aromatic nitrogens is 3. The largest absolute Gasteiger partial charge is 0.381 e. The monoisotopic (exact) mass is 283 g/mol. The van der Waals surface area contributed by atoms with Crippen LogP contribution in [-0.4, -0.2) is 40.4 Å². The first-order valence-electron chi connectivity index (χ1n) is 7.33. The van der Waals surface area contributed by atoms with Gasteiger partial charge in [0.2, 0.25) is 0 Å². The predicted molar refractivity (Wildman–Crippen MR) is 74.8 cm³/mol. The molecule has 1 aromatic heterocycles. The fraction of sp³-hybridized carbons (Fsp3) is 0.846. The molecule has 0 aliphatic carbocycles. The number of nitrogens with one attached hydrogen (secondary N) is 1. The maximum Gasteiger partial charge on any atom is 0.0948 e. The Bertz CT molecular complexity index is 398. The predicted octanol–water partition coefficient (Wildman–Crippen LogP) is 0.778. The molecule has 0 saturated carbocycles. The second kappa shape index (κ2) is 7.12. The van der Waals surface area contributed by atoms with Crippen LogP contribution in [0.5, 0.6) is 0 Å². The van der Waals surface area contributed by atoms with Crippen molar-refractivity contribution in [2.24, 2.45) is 5.84 Å². The van der Waals surface area contributed by atoms with Crippen molar-refractivity contribution in [3.05, 3.63) is 11.9 Å². The van der Waals surface area contributed by atoms with Gasteiger partial charge in [-0.1, -0.05) is 12.1 Å². The summed E-state index contributed by atoms with van der Waals surface area (Å²) >= 11 is 0. The molecular weight excluding hydrogens is 258 g/mol. The van der Waals surface area contributed by atoms with Gasteiger partial charge in [-0.2, -0.15) is 0 Å². The molecule has 7 nitrogen and oxygen atoms in total. The van der Waals surface area contributed by atoms with E-state index in [2.05, 4.69) is 22.7 Å². The minimum atomic E-state index is -0.352. The summed E-state index contributed by atoms with van der Waals surface area (Å²) in [6.45, 7) is 6.97. The van der Waals surface area contributed by atoms with E-state index in [1.54, 1.807) is 6.20 Å². The van der Waals surface area contributed by atoms with Crippen molar-refractivity contribution in [1.82, 2.24) is 20.4 Å². The van der Waals surface area contributed by atoms with E-state index in [4.69, 9.17) is 15.3 Å². The van der Waals surface area contributed by atoms with Crippen LogP contribution in [0.15, 0.2) is 6.20 Å². The highest BCUT2D eigenvalue weighted by Gasteiger charge is 2.43. The van der Waals surface area contributed by atoms with Crippen LogP contribution in [0.25, 0.3) is 0 Å². The Morgan fingerprint density at radius 1 is 1.50 bits per heavy atom. The topological polar surface area (TPSA) is 87.2 Å². The van der Waals surface area contributed by atoms with E-state index in [9.17, 15) is 0 Å². The molecule has 0 radical (unpaired) electrons. The van der Waals surface area contributed by atoms with Crippen LogP contribution in [0.2, 0.25) is 0 Å². The Labute approximate surface area is 119 Å². The third-order valence-electron chi connectivity index (χ3n) is 3.84. The van der Waals surface area contributed by atoms with Crippen LogP contribution >= 0.6 is 0 Å². The summed E-state index contributed by atoms with van der Waals surface area (Å²) in [5.74, 6) is 5.84. The number of ether oxygens (including phenoxy) is 2. The van der Waals surface area contributed by atoms with E-state index in [0.29, 0.717) is 19.8 Å². The first kappa shape index (κ1) is 15.4. The zero-order chi connectivity index (χ0) is 14.4. The highest BCUT2D eigenvalue weighted by atomic mass is 16.5. The van der Waals surface area contributed by atoms with Crippen LogP contribution in [0, 0.1) is 0 Å². The van der Waals surface area contributed by atoms with E-state index >= 15 is 0 Å². The van der Waals surface area contributed by atoms with Crippen LogP contribution in [0.4, 0.5) is 0 Å². The Kier molecular flexibility index (Phi) is 5.47. The summed E-state index contributed by atoms with van der Waals surface area (Å²) in [6, 6.07) is -0.132. The Balaban J connectivity index is 2.29. The van der Waals surface area contributed by atoms with Crippen molar-refractivity contribution >= 4 is 0 Å². The Morgan fingerprint density at radius 2 is 2.25 bits per heavy atom. The number of nitrogens with zero attached hydrogens (tertiary/aromatic N) is 3. The van der Waals surface area contributed by atoms with Crippen molar-refractivity contribution in [3.63, 3.8) is 0 Å². The molecule has 1 aromatic rings. The molecule has 1 aliphatic heterocycles. The van der Waals surface area contributed by atoms with Crippen LogP contribution in [0.3, 0.4) is 0 Å². The molecule has 20 heavy (non-hydrogen) atoms. The highest BCUT2D eigenvalue weighted by molar-refractivity contribution is 5.11. The summed E-state index contributed by atoms with van der Waals surface area (Å²) in [4.78, 5) is 0. The van der Waals surface area contributed by atoms with Gasteiger partial charge < -0.3 is 9.47 Å². The Hall–Kier alpha value is -1.02. The lowest BCUT2D eigenvalue weighted by Gasteiger charge is -2.42. The molecule has 1 saturated heterocycles. The van der Waals surface area contributed by atoms with Crippen molar-refractivity contribution in [2.75, 3.05) is 19.8 Å². The first-order chi connectivity index (χ1) is 9.77. The van der Waals surface area contributed by atoms with Gasteiger partial charge in [-0.25, -0.2) is 10.1 Å².